The lowest BCUT2D eigenvalue weighted by Gasteiger charge is -2.18. The molecule has 2 N–H and O–H groups in total. The first-order valence-corrected chi connectivity index (χ1v) is 7.03. The van der Waals surface area contributed by atoms with Gasteiger partial charge in [0.2, 0.25) is 0 Å². The molecule has 0 aliphatic heterocycles. The van der Waals surface area contributed by atoms with Crippen LogP contribution < -0.4 is 5.32 Å². The Morgan fingerprint density at radius 2 is 2.00 bits per heavy atom. The van der Waals surface area contributed by atoms with Crippen molar-refractivity contribution < 1.29 is 19.6 Å². The fourth-order valence-electron chi connectivity index (χ4n) is 1.86. The number of nitrogens with one attached hydrogen (secondary N) is 1. The van der Waals surface area contributed by atoms with Crippen LogP contribution in [-0.4, -0.2) is 38.2 Å². The molecule has 0 radical (unpaired) electrons. The van der Waals surface area contributed by atoms with Crippen LogP contribution in [0.5, 0.6) is 0 Å². The van der Waals surface area contributed by atoms with E-state index in [9.17, 15) is 19.7 Å². The van der Waals surface area contributed by atoms with E-state index >= 15 is 0 Å². The molecule has 0 aliphatic carbocycles. The normalized spacial score (nSPS) is 11.1. The minimum Gasteiger partial charge on any atom is -0.481 e. The number of carbonyl (C=O) groups is 2. The molecule has 9 heteroatoms. The molecule has 2 aromatic rings. The number of benzene rings is 1. The van der Waals surface area contributed by atoms with Crippen molar-refractivity contribution in [2.24, 2.45) is 5.41 Å². The highest BCUT2D eigenvalue weighted by molar-refractivity contribution is 5.92. The Morgan fingerprint density at radius 3 is 2.62 bits per heavy atom. The molecule has 24 heavy (non-hydrogen) atoms. The number of hydrogen-bond acceptors (Lipinski definition) is 5. The number of nitrogens with zero attached hydrogens (tertiary/aromatic N) is 3. The minimum absolute atomic E-state index is 0.0364. The van der Waals surface area contributed by atoms with Gasteiger partial charge in [-0.25, -0.2) is 4.68 Å². The van der Waals surface area contributed by atoms with E-state index in [1.165, 1.54) is 49.0 Å². The Morgan fingerprint density at radius 1 is 1.33 bits per heavy atom. The molecule has 1 amide bonds. The van der Waals surface area contributed by atoms with E-state index in [1.54, 1.807) is 6.07 Å². The van der Waals surface area contributed by atoms with E-state index in [1.807, 2.05) is 0 Å². The maximum absolute atomic E-state index is 12.1. The second kappa shape index (κ2) is 6.49. The summed E-state index contributed by atoms with van der Waals surface area (Å²) in [5.74, 6) is -1.59. The van der Waals surface area contributed by atoms with Crippen LogP contribution in [0.25, 0.3) is 5.69 Å². The van der Waals surface area contributed by atoms with Crippen molar-refractivity contribution in [1.82, 2.24) is 15.1 Å². The van der Waals surface area contributed by atoms with Gasteiger partial charge in [-0.15, -0.1) is 0 Å². The first kappa shape index (κ1) is 17.1. The number of carboxylic acids is 1. The van der Waals surface area contributed by atoms with Gasteiger partial charge in [-0.2, -0.15) is 5.10 Å². The summed E-state index contributed by atoms with van der Waals surface area (Å²) in [4.78, 5) is 33.6. The fraction of sp³-hybridized carbons (Fsp3) is 0.267. The van der Waals surface area contributed by atoms with E-state index in [2.05, 4.69) is 10.4 Å². The minimum atomic E-state index is -1.11. The van der Waals surface area contributed by atoms with Crippen molar-refractivity contribution >= 4 is 17.6 Å². The van der Waals surface area contributed by atoms with Gasteiger partial charge < -0.3 is 10.4 Å². The van der Waals surface area contributed by atoms with Gasteiger partial charge in [-0.05, 0) is 26.0 Å². The molecular formula is C15H16N4O5. The summed E-state index contributed by atoms with van der Waals surface area (Å²) in [6.07, 6.45) is 1.43. The molecule has 1 aromatic carbocycles. The summed E-state index contributed by atoms with van der Waals surface area (Å²) in [6.45, 7) is 2.91. The number of nitro groups is 1. The summed E-state index contributed by atoms with van der Waals surface area (Å²) in [7, 11) is 0. The van der Waals surface area contributed by atoms with Crippen molar-refractivity contribution in [3.05, 3.63) is 52.3 Å². The molecule has 0 saturated carbocycles. The smallest absolute Gasteiger partial charge is 0.310 e. The van der Waals surface area contributed by atoms with E-state index in [4.69, 9.17) is 5.11 Å². The molecule has 2 rings (SSSR count). The number of hydrogen-bond donors (Lipinski definition) is 2. The predicted octanol–water partition coefficient (Wildman–Crippen LogP) is 1.62. The van der Waals surface area contributed by atoms with Crippen molar-refractivity contribution in [3.63, 3.8) is 0 Å². The molecule has 126 valence electrons. The van der Waals surface area contributed by atoms with Crippen molar-refractivity contribution in [2.75, 3.05) is 6.54 Å². The lowest BCUT2D eigenvalue weighted by Crippen LogP contribution is -2.39. The number of carboxylic acid groups (broad SMARTS) is 1. The van der Waals surface area contributed by atoms with Crippen molar-refractivity contribution in [3.8, 4) is 5.69 Å². The van der Waals surface area contributed by atoms with Gasteiger partial charge in [0.25, 0.3) is 11.6 Å². The molecular weight excluding hydrogens is 316 g/mol. The first-order chi connectivity index (χ1) is 11.2. The van der Waals surface area contributed by atoms with Crippen LogP contribution in [0.2, 0.25) is 0 Å². The predicted molar refractivity (Wildman–Crippen MR) is 84.0 cm³/mol. The molecule has 9 nitrogen and oxygen atoms in total. The number of carbonyl (C=O) groups excluding carboxylic acids is 1. The molecule has 0 unspecified atom stereocenters. The Balaban J connectivity index is 2.18. The largest absolute Gasteiger partial charge is 0.481 e. The SMILES string of the molecule is CC(C)(CNC(=O)c1ccn(-c2ccccc2[N+](=O)[O-])n1)C(=O)O. The highest BCUT2D eigenvalue weighted by Gasteiger charge is 2.28. The van der Waals surface area contributed by atoms with Gasteiger partial charge in [0, 0.05) is 18.8 Å². The zero-order valence-electron chi connectivity index (χ0n) is 13.1. The van der Waals surface area contributed by atoms with Crippen LogP contribution in [0.3, 0.4) is 0 Å². The van der Waals surface area contributed by atoms with Crippen molar-refractivity contribution in [2.45, 2.75) is 13.8 Å². The van der Waals surface area contributed by atoms with E-state index in [0.29, 0.717) is 0 Å². The number of aromatic nitrogens is 2. The van der Waals surface area contributed by atoms with Crippen LogP contribution in [0.15, 0.2) is 36.5 Å². The van der Waals surface area contributed by atoms with E-state index in [-0.39, 0.29) is 23.6 Å². The number of aliphatic carboxylic acids is 1. The average Bonchev–Trinajstić information content (AvgIpc) is 3.02. The second-order valence-corrected chi connectivity index (χ2v) is 5.76. The number of nitro benzene ring substituents is 1. The van der Waals surface area contributed by atoms with Crippen LogP contribution in [0.4, 0.5) is 5.69 Å². The van der Waals surface area contributed by atoms with Crippen LogP contribution in [-0.2, 0) is 4.79 Å². The summed E-state index contributed by atoms with van der Waals surface area (Å²) in [6, 6.07) is 7.41. The van der Waals surface area contributed by atoms with Gasteiger partial charge in [0.1, 0.15) is 5.69 Å². The quantitative estimate of drug-likeness (QED) is 0.611. The van der Waals surface area contributed by atoms with E-state index in [0.717, 1.165) is 0 Å². The first-order valence-electron chi connectivity index (χ1n) is 7.03. The molecule has 0 fully saturated rings. The molecule has 1 aromatic heterocycles. The topological polar surface area (TPSA) is 127 Å². The van der Waals surface area contributed by atoms with Gasteiger partial charge >= 0.3 is 5.97 Å². The summed E-state index contributed by atoms with van der Waals surface area (Å²) in [5, 5.41) is 26.6. The number of rotatable bonds is 6. The Kier molecular flexibility index (Phi) is 4.63. The lowest BCUT2D eigenvalue weighted by molar-refractivity contribution is -0.384. The maximum atomic E-state index is 12.1. The zero-order valence-corrected chi connectivity index (χ0v) is 13.1. The highest BCUT2D eigenvalue weighted by atomic mass is 16.6. The van der Waals surface area contributed by atoms with E-state index < -0.39 is 22.2 Å². The maximum Gasteiger partial charge on any atom is 0.310 e. The van der Waals surface area contributed by atoms with Crippen LogP contribution >= 0.6 is 0 Å². The molecule has 0 saturated heterocycles. The third-order valence-electron chi connectivity index (χ3n) is 3.42. The average molecular weight is 332 g/mol. The molecule has 0 spiro atoms. The van der Waals surface area contributed by atoms with Crippen molar-refractivity contribution in [1.29, 1.82) is 0 Å². The molecule has 0 atom stereocenters. The third kappa shape index (κ3) is 3.57. The summed E-state index contributed by atoms with van der Waals surface area (Å²) in [5.41, 5.74) is -0.988. The summed E-state index contributed by atoms with van der Waals surface area (Å²) >= 11 is 0. The Bertz CT molecular complexity index is 797. The third-order valence-corrected chi connectivity index (χ3v) is 3.42. The van der Waals surface area contributed by atoms with Crippen LogP contribution in [0.1, 0.15) is 24.3 Å². The number of para-hydroxylation sites is 2. The molecule has 1 heterocycles. The second-order valence-electron chi connectivity index (χ2n) is 5.76. The molecule has 0 aliphatic rings. The van der Waals surface area contributed by atoms with Gasteiger partial charge in [-0.3, -0.25) is 19.7 Å². The van der Waals surface area contributed by atoms with Gasteiger partial charge in [-0.1, -0.05) is 12.1 Å². The van der Waals surface area contributed by atoms with Gasteiger partial charge in [0.15, 0.2) is 5.69 Å². The Hall–Kier alpha value is -3.23. The van der Waals surface area contributed by atoms with Crippen LogP contribution in [0, 0.1) is 15.5 Å². The number of amides is 1. The van der Waals surface area contributed by atoms with Gasteiger partial charge in [0.05, 0.1) is 10.3 Å². The highest BCUT2D eigenvalue weighted by Crippen LogP contribution is 2.21. The lowest BCUT2D eigenvalue weighted by atomic mass is 9.94. The standard InChI is InChI=1S/C15H16N4O5/c1-15(2,14(21)22)9-16-13(20)10-7-8-18(17-10)11-5-3-4-6-12(11)19(23)24/h3-8H,9H2,1-2H3,(H,16,20)(H,21,22). The fourth-order valence-corrected chi connectivity index (χ4v) is 1.86. The monoisotopic (exact) mass is 332 g/mol. The zero-order chi connectivity index (χ0) is 17.9. The summed E-state index contributed by atoms with van der Waals surface area (Å²) < 4.78 is 1.23. The molecule has 0 bridgehead atoms. The Labute approximate surface area is 137 Å².